The lowest BCUT2D eigenvalue weighted by Gasteiger charge is -2.34. The predicted octanol–water partition coefficient (Wildman–Crippen LogP) is 5.90. The molecule has 0 spiro atoms. The molecule has 28 heavy (non-hydrogen) atoms. The van der Waals surface area contributed by atoms with E-state index in [1.54, 1.807) is 7.11 Å². The zero-order valence-electron chi connectivity index (χ0n) is 16.8. The monoisotopic (exact) mass is 443 g/mol. The quantitative estimate of drug-likeness (QED) is 0.436. The first-order valence-corrected chi connectivity index (χ1v) is 10.6. The summed E-state index contributed by atoms with van der Waals surface area (Å²) in [5.74, 6) is 0.962. The summed E-state index contributed by atoms with van der Waals surface area (Å²) >= 11 is 3.50. The van der Waals surface area contributed by atoms with Gasteiger partial charge >= 0.3 is 5.97 Å². The highest BCUT2D eigenvalue weighted by molar-refractivity contribution is 9.10. The van der Waals surface area contributed by atoms with Crippen molar-refractivity contribution < 1.29 is 14.4 Å². The van der Waals surface area contributed by atoms with Crippen LogP contribution >= 0.6 is 15.9 Å². The lowest BCUT2D eigenvalue weighted by molar-refractivity contribution is -0.142. The summed E-state index contributed by atoms with van der Waals surface area (Å²) in [7, 11) is 1.62. The van der Waals surface area contributed by atoms with Gasteiger partial charge in [-0.25, -0.2) is 4.79 Å². The second-order valence-electron chi connectivity index (χ2n) is 8.78. The van der Waals surface area contributed by atoms with Gasteiger partial charge in [0.15, 0.2) is 0 Å². The van der Waals surface area contributed by atoms with Gasteiger partial charge in [-0.2, -0.15) is 0 Å². The number of ether oxygens (including phenoxy) is 1. The van der Waals surface area contributed by atoms with E-state index in [1.165, 1.54) is 6.42 Å². The summed E-state index contributed by atoms with van der Waals surface area (Å²) < 4.78 is 6.49. The van der Waals surface area contributed by atoms with E-state index in [2.05, 4.69) is 41.9 Å². The van der Waals surface area contributed by atoms with Crippen LogP contribution in [-0.4, -0.2) is 18.8 Å². The maximum absolute atomic E-state index is 12.6. The SMILES string of the molecule is COc1ccc2cc(Br)ccc2c1CC(=O)ON=C1CC2CCC1(C)C2(C)C. The molecule has 0 aromatic heterocycles. The number of hydrogen-bond acceptors (Lipinski definition) is 4. The second kappa shape index (κ2) is 6.87. The van der Waals surface area contributed by atoms with Crippen molar-refractivity contribution in [2.75, 3.05) is 7.11 Å². The highest BCUT2D eigenvalue weighted by Crippen LogP contribution is 2.64. The zero-order valence-corrected chi connectivity index (χ0v) is 18.4. The third kappa shape index (κ3) is 2.95. The van der Waals surface area contributed by atoms with Gasteiger partial charge in [0.05, 0.1) is 19.2 Å². The van der Waals surface area contributed by atoms with Gasteiger partial charge < -0.3 is 9.57 Å². The van der Waals surface area contributed by atoms with Crippen LogP contribution in [0.25, 0.3) is 10.8 Å². The van der Waals surface area contributed by atoms with Gasteiger partial charge in [-0.3, -0.25) is 0 Å². The van der Waals surface area contributed by atoms with E-state index in [-0.39, 0.29) is 23.2 Å². The molecule has 0 N–H and O–H groups in total. The Hall–Kier alpha value is -1.88. The number of hydrogen-bond donors (Lipinski definition) is 0. The summed E-state index contributed by atoms with van der Waals surface area (Å²) in [5, 5.41) is 6.37. The fourth-order valence-corrected chi connectivity index (χ4v) is 5.45. The third-order valence-corrected chi connectivity index (χ3v) is 7.85. The van der Waals surface area contributed by atoms with Crippen LogP contribution in [0.1, 0.15) is 45.6 Å². The van der Waals surface area contributed by atoms with Gasteiger partial charge in [0.1, 0.15) is 5.75 Å². The molecule has 2 bridgehead atoms. The molecule has 0 radical (unpaired) electrons. The van der Waals surface area contributed by atoms with Gasteiger partial charge in [0, 0.05) is 15.5 Å². The maximum atomic E-state index is 12.6. The number of oxime groups is 1. The summed E-state index contributed by atoms with van der Waals surface area (Å²) in [6, 6.07) is 9.88. The molecule has 148 valence electrons. The highest BCUT2D eigenvalue weighted by atomic mass is 79.9. The molecule has 2 fully saturated rings. The van der Waals surface area contributed by atoms with E-state index in [4.69, 9.17) is 9.57 Å². The van der Waals surface area contributed by atoms with Crippen LogP contribution < -0.4 is 4.74 Å². The molecule has 2 aliphatic rings. The third-order valence-electron chi connectivity index (χ3n) is 7.36. The number of carbonyl (C=O) groups is 1. The van der Waals surface area contributed by atoms with Crippen LogP contribution in [0.2, 0.25) is 0 Å². The van der Waals surface area contributed by atoms with Crippen molar-refractivity contribution in [3.63, 3.8) is 0 Å². The van der Waals surface area contributed by atoms with E-state index < -0.39 is 0 Å². The van der Waals surface area contributed by atoms with Crippen molar-refractivity contribution in [1.82, 2.24) is 0 Å². The Bertz CT molecular complexity index is 981. The molecule has 2 saturated carbocycles. The summed E-state index contributed by atoms with van der Waals surface area (Å²) in [5.41, 5.74) is 2.11. The highest BCUT2D eigenvalue weighted by Gasteiger charge is 2.60. The molecule has 0 aliphatic heterocycles. The standard InChI is InChI=1S/C23H26BrNO3/c1-22(2)15-9-10-23(22,3)20(12-15)25-28-21(26)13-18-17-7-6-16(24)11-14(17)5-8-19(18)27-4/h5-8,11,15H,9-10,12-13H2,1-4H3. The Morgan fingerprint density at radius 2 is 2.04 bits per heavy atom. The Kier molecular flexibility index (Phi) is 4.77. The lowest BCUT2D eigenvalue weighted by Crippen LogP contribution is -2.32. The van der Waals surface area contributed by atoms with E-state index in [0.29, 0.717) is 11.7 Å². The van der Waals surface area contributed by atoms with Gasteiger partial charge in [-0.05, 0) is 59.6 Å². The minimum absolute atomic E-state index is 0.0291. The van der Waals surface area contributed by atoms with Crippen molar-refractivity contribution in [2.24, 2.45) is 21.9 Å². The number of benzene rings is 2. The Morgan fingerprint density at radius 1 is 1.25 bits per heavy atom. The van der Waals surface area contributed by atoms with Crippen LogP contribution in [0.15, 0.2) is 40.0 Å². The summed E-state index contributed by atoms with van der Waals surface area (Å²) in [4.78, 5) is 18.0. The molecular formula is C23H26BrNO3. The van der Waals surface area contributed by atoms with Crippen LogP contribution in [0.5, 0.6) is 5.75 Å². The van der Waals surface area contributed by atoms with Gasteiger partial charge in [-0.1, -0.05) is 54.0 Å². The topological polar surface area (TPSA) is 47.9 Å². The van der Waals surface area contributed by atoms with Gasteiger partial charge in [0.25, 0.3) is 0 Å². The fourth-order valence-electron chi connectivity index (χ4n) is 5.07. The molecule has 4 nitrogen and oxygen atoms in total. The van der Waals surface area contributed by atoms with Crippen molar-refractivity contribution in [3.8, 4) is 5.75 Å². The van der Waals surface area contributed by atoms with E-state index >= 15 is 0 Å². The number of nitrogens with zero attached hydrogens (tertiary/aromatic N) is 1. The van der Waals surface area contributed by atoms with Crippen molar-refractivity contribution in [3.05, 3.63) is 40.4 Å². The molecule has 2 unspecified atom stereocenters. The average molecular weight is 444 g/mol. The van der Waals surface area contributed by atoms with Gasteiger partial charge in [-0.15, -0.1) is 0 Å². The molecule has 2 aliphatic carbocycles. The van der Waals surface area contributed by atoms with Gasteiger partial charge in [0.2, 0.25) is 0 Å². The van der Waals surface area contributed by atoms with Crippen molar-refractivity contribution in [1.29, 1.82) is 0 Å². The largest absolute Gasteiger partial charge is 0.496 e. The van der Waals surface area contributed by atoms with E-state index in [9.17, 15) is 4.79 Å². The first kappa shape index (κ1) is 19.4. The first-order valence-electron chi connectivity index (χ1n) is 9.78. The molecule has 2 aromatic rings. The van der Waals surface area contributed by atoms with Crippen molar-refractivity contribution in [2.45, 2.75) is 46.5 Å². The Labute approximate surface area is 174 Å². The Morgan fingerprint density at radius 3 is 2.68 bits per heavy atom. The van der Waals surface area contributed by atoms with Crippen LogP contribution in [-0.2, 0) is 16.1 Å². The lowest BCUT2D eigenvalue weighted by atomic mass is 9.70. The molecule has 2 aromatic carbocycles. The molecule has 4 rings (SSSR count). The summed E-state index contributed by atoms with van der Waals surface area (Å²) in [6.45, 7) is 6.89. The molecule has 0 amide bonds. The second-order valence-corrected chi connectivity index (χ2v) is 9.70. The van der Waals surface area contributed by atoms with E-state index in [0.717, 1.165) is 39.4 Å². The maximum Gasteiger partial charge on any atom is 0.339 e. The molecule has 5 heteroatoms. The molecule has 2 atom stereocenters. The van der Waals surface area contributed by atoms with Crippen LogP contribution in [0.3, 0.4) is 0 Å². The normalized spacial score (nSPS) is 26.8. The van der Waals surface area contributed by atoms with Crippen LogP contribution in [0.4, 0.5) is 0 Å². The van der Waals surface area contributed by atoms with Crippen LogP contribution in [0, 0.1) is 16.7 Å². The number of halogens is 1. The molecule has 0 heterocycles. The van der Waals surface area contributed by atoms with E-state index in [1.807, 2.05) is 30.3 Å². The minimum Gasteiger partial charge on any atom is -0.496 e. The first-order chi connectivity index (χ1) is 13.3. The summed E-state index contributed by atoms with van der Waals surface area (Å²) in [6.07, 6.45) is 3.41. The minimum atomic E-state index is -0.356. The average Bonchev–Trinajstić information content (AvgIpc) is 2.99. The predicted molar refractivity (Wildman–Crippen MR) is 115 cm³/mol. The smallest absolute Gasteiger partial charge is 0.339 e. The number of rotatable bonds is 4. The molecular weight excluding hydrogens is 418 g/mol. The van der Waals surface area contributed by atoms with Crippen molar-refractivity contribution >= 4 is 38.4 Å². The number of fused-ring (bicyclic) bond motifs is 3. The fraction of sp³-hybridized carbons (Fsp3) is 0.478. The molecule has 0 saturated heterocycles. The number of methoxy groups -OCH3 is 1. The zero-order chi connectivity index (χ0) is 20.1. The number of carbonyl (C=O) groups excluding carboxylic acids is 1. The Balaban J connectivity index is 1.57.